The molecule has 1 heterocycles. The monoisotopic (exact) mass is 230 g/mol. The van der Waals surface area contributed by atoms with Crippen LogP contribution < -0.4 is 11.1 Å². The molecular weight excluding hydrogens is 208 g/mol. The van der Waals surface area contributed by atoms with E-state index in [1.54, 1.807) is 6.92 Å². The third kappa shape index (κ3) is 2.93. The molecular formula is C11H22N2O3. The molecule has 1 atom stereocenters. The molecule has 4 N–H and O–H groups in total. The van der Waals surface area contributed by atoms with E-state index in [0.29, 0.717) is 32.5 Å². The zero-order valence-corrected chi connectivity index (χ0v) is 10.1. The van der Waals surface area contributed by atoms with Gasteiger partial charge >= 0.3 is 0 Å². The normalized spacial score (nSPS) is 23.5. The minimum atomic E-state index is -0.875. The van der Waals surface area contributed by atoms with Crippen LogP contribution in [0.4, 0.5) is 0 Å². The van der Waals surface area contributed by atoms with E-state index in [1.807, 2.05) is 6.92 Å². The van der Waals surface area contributed by atoms with Gasteiger partial charge in [-0.25, -0.2) is 0 Å². The van der Waals surface area contributed by atoms with Crippen molar-refractivity contribution in [3.63, 3.8) is 0 Å². The summed E-state index contributed by atoms with van der Waals surface area (Å²) in [6.45, 7) is 4.63. The number of aliphatic hydroxyl groups is 1. The molecule has 1 unspecified atom stereocenters. The quantitative estimate of drug-likeness (QED) is 0.623. The number of amides is 1. The Morgan fingerprint density at radius 3 is 2.56 bits per heavy atom. The zero-order chi connectivity index (χ0) is 12.2. The third-order valence-electron chi connectivity index (χ3n) is 3.38. The minimum absolute atomic E-state index is 0.0676. The SMILES string of the molecule is CCC(C)(N)C(=O)NC1(CO)CCOCC1. The highest BCUT2D eigenvalue weighted by atomic mass is 16.5. The number of hydrogen-bond acceptors (Lipinski definition) is 4. The number of ether oxygens (including phenoxy) is 1. The molecule has 1 aliphatic heterocycles. The van der Waals surface area contributed by atoms with Crippen molar-refractivity contribution < 1.29 is 14.6 Å². The summed E-state index contributed by atoms with van der Waals surface area (Å²) in [6, 6.07) is 0. The van der Waals surface area contributed by atoms with Gasteiger partial charge in [-0.15, -0.1) is 0 Å². The molecule has 0 aliphatic carbocycles. The Morgan fingerprint density at radius 2 is 2.12 bits per heavy atom. The summed E-state index contributed by atoms with van der Waals surface area (Å²) in [5, 5.41) is 12.3. The van der Waals surface area contributed by atoms with Crippen LogP contribution in [0.1, 0.15) is 33.1 Å². The number of nitrogens with two attached hydrogens (primary N) is 1. The predicted molar refractivity (Wildman–Crippen MR) is 60.9 cm³/mol. The Labute approximate surface area is 96.3 Å². The Hall–Kier alpha value is -0.650. The van der Waals surface area contributed by atoms with Crippen LogP contribution in [0.5, 0.6) is 0 Å². The maximum absolute atomic E-state index is 11.9. The predicted octanol–water partition coefficient (Wildman–Crippen LogP) is -0.228. The topological polar surface area (TPSA) is 84.6 Å². The highest BCUT2D eigenvalue weighted by Gasteiger charge is 2.37. The van der Waals surface area contributed by atoms with Gasteiger partial charge in [0.05, 0.1) is 17.7 Å². The van der Waals surface area contributed by atoms with Crippen molar-refractivity contribution in [2.24, 2.45) is 5.73 Å². The Morgan fingerprint density at radius 1 is 1.56 bits per heavy atom. The number of hydrogen-bond donors (Lipinski definition) is 3. The smallest absolute Gasteiger partial charge is 0.240 e. The van der Waals surface area contributed by atoms with Crippen LogP contribution in [0.25, 0.3) is 0 Å². The Balaban J connectivity index is 2.66. The van der Waals surface area contributed by atoms with E-state index in [0.717, 1.165) is 0 Å². The van der Waals surface area contributed by atoms with E-state index in [4.69, 9.17) is 10.5 Å². The number of rotatable bonds is 4. The van der Waals surface area contributed by atoms with Gasteiger partial charge in [-0.1, -0.05) is 6.92 Å². The average molecular weight is 230 g/mol. The molecule has 1 saturated heterocycles. The van der Waals surface area contributed by atoms with Crippen LogP contribution in [0.15, 0.2) is 0 Å². The second-order valence-electron chi connectivity index (χ2n) is 4.78. The van der Waals surface area contributed by atoms with E-state index in [9.17, 15) is 9.90 Å². The summed E-state index contributed by atoms with van der Waals surface area (Å²) < 4.78 is 5.23. The fraction of sp³-hybridized carbons (Fsp3) is 0.909. The second kappa shape index (κ2) is 5.12. The first-order chi connectivity index (χ1) is 7.46. The molecule has 1 amide bonds. The van der Waals surface area contributed by atoms with Gasteiger partial charge < -0.3 is 20.9 Å². The summed E-state index contributed by atoms with van der Waals surface area (Å²) >= 11 is 0. The number of carbonyl (C=O) groups is 1. The van der Waals surface area contributed by atoms with E-state index in [1.165, 1.54) is 0 Å². The first-order valence-electron chi connectivity index (χ1n) is 5.76. The summed E-state index contributed by atoms with van der Waals surface area (Å²) in [5.74, 6) is -0.203. The lowest BCUT2D eigenvalue weighted by molar-refractivity contribution is -0.130. The molecule has 1 fully saturated rings. The van der Waals surface area contributed by atoms with Crippen LogP contribution in [0.2, 0.25) is 0 Å². The molecule has 0 aromatic heterocycles. The highest BCUT2D eigenvalue weighted by Crippen LogP contribution is 2.21. The van der Waals surface area contributed by atoms with Crippen LogP contribution in [-0.2, 0) is 9.53 Å². The van der Waals surface area contributed by atoms with Crippen LogP contribution in [0, 0.1) is 0 Å². The number of aliphatic hydroxyl groups excluding tert-OH is 1. The molecule has 0 aromatic rings. The Bertz CT molecular complexity index is 248. The largest absolute Gasteiger partial charge is 0.394 e. The van der Waals surface area contributed by atoms with Crippen LogP contribution in [0.3, 0.4) is 0 Å². The van der Waals surface area contributed by atoms with Crippen molar-refractivity contribution >= 4 is 5.91 Å². The summed E-state index contributed by atoms with van der Waals surface area (Å²) in [7, 11) is 0. The van der Waals surface area contributed by atoms with Gasteiger partial charge in [0.2, 0.25) is 5.91 Å². The molecule has 1 rings (SSSR count). The molecule has 5 nitrogen and oxygen atoms in total. The second-order valence-corrected chi connectivity index (χ2v) is 4.78. The van der Waals surface area contributed by atoms with E-state index >= 15 is 0 Å². The molecule has 0 spiro atoms. The molecule has 0 radical (unpaired) electrons. The lowest BCUT2D eigenvalue weighted by Gasteiger charge is -2.38. The van der Waals surface area contributed by atoms with E-state index in [2.05, 4.69) is 5.32 Å². The third-order valence-corrected chi connectivity index (χ3v) is 3.38. The van der Waals surface area contributed by atoms with Gasteiger partial charge in [-0.2, -0.15) is 0 Å². The van der Waals surface area contributed by atoms with Crippen molar-refractivity contribution in [2.75, 3.05) is 19.8 Å². The lowest BCUT2D eigenvalue weighted by atomic mass is 9.88. The van der Waals surface area contributed by atoms with Gasteiger partial charge in [0.25, 0.3) is 0 Å². The first-order valence-corrected chi connectivity index (χ1v) is 5.76. The molecule has 1 aliphatic rings. The first kappa shape index (κ1) is 13.4. The molecule has 0 saturated carbocycles. The van der Waals surface area contributed by atoms with Crippen molar-refractivity contribution in [1.82, 2.24) is 5.32 Å². The summed E-state index contributed by atoms with van der Waals surface area (Å²) in [6.07, 6.45) is 1.83. The van der Waals surface area contributed by atoms with Gasteiger partial charge in [0.1, 0.15) is 0 Å². The van der Waals surface area contributed by atoms with Crippen molar-refractivity contribution in [3.8, 4) is 0 Å². The number of carbonyl (C=O) groups excluding carboxylic acids is 1. The molecule has 94 valence electrons. The fourth-order valence-electron chi connectivity index (χ4n) is 1.63. The molecule has 0 bridgehead atoms. The van der Waals surface area contributed by atoms with Gasteiger partial charge in [-0.3, -0.25) is 4.79 Å². The lowest BCUT2D eigenvalue weighted by Crippen LogP contribution is -2.61. The summed E-state index contributed by atoms with van der Waals surface area (Å²) in [4.78, 5) is 11.9. The molecule has 16 heavy (non-hydrogen) atoms. The standard InChI is InChI=1S/C11H22N2O3/c1-3-10(2,12)9(15)13-11(8-14)4-6-16-7-5-11/h14H,3-8,12H2,1-2H3,(H,13,15). The van der Waals surface area contributed by atoms with Crippen molar-refractivity contribution in [1.29, 1.82) is 0 Å². The molecule has 5 heteroatoms. The zero-order valence-electron chi connectivity index (χ0n) is 10.1. The highest BCUT2D eigenvalue weighted by molar-refractivity contribution is 5.86. The van der Waals surface area contributed by atoms with Crippen LogP contribution >= 0.6 is 0 Å². The Kier molecular flexibility index (Phi) is 4.29. The maximum atomic E-state index is 11.9. The summed E-state index contributed by atoms with van der Waals surface area (Å²) in [5.41, 5.74) is 4.44. The van der Waals surface area contributed by atoms with Crippen molar-refractivity contribution in [2.45, 2.75) is 44.2 Å². The minimum Gasteiger partial charge on any atom is -0.394 e. The van der Waals surface area contributed by atoms with Crippen LogP contribution in [-0.4, -0.2) is 41.9 Å². The van der Waals surface area contributed by atoms with Crippen molar-refractivity contribution in [3.05, 3.63) is 0 Å². The fourth-order valence-corrected chi connectivity index (χ4v) is 1.63. The molecule has 0 aromatic carbocycles. The van der Waals surface area contributed by atoms with E-state index in [-0.39, 0.29) is 12.5 Å². The average Bonchev–Trinajstić information content (AvgIpc) is 2.30. The van der Waals surface area contributed by atoms with Gasteiger partial charge in [0, 0.05) is 13.2 Å². The number of nitrogens with one attached hydrogen (secondary N) is 1. The van der Waals surface area contributed by atoms with E-state index < -0.39 is 11.1 Å². The maximum Gasteiger partial charge on any atom is 0.240 e. The van der Waals surface area contributed by atoms with Gasteiger partial charge in [0.15, 0.2) is 0 Å². The van der Waals surface area contributed by atoms with Gasteiger partial charge in [-0.05, 0) is 26.2 Å².